The Morgan fingerprint density at radius 2 is 1.07 bits per heavy atom. The van der Waals surface area contributed by atoms with Crippen LogP contribution < -0.4 is 101 Å². The number of likely N-dealkylation sites (tertiary alicyclic amines) is 1. The number of carboxylic acids is 2. The van der Waals surface area contributed by atoms with Gasteiger partial charge in [0, 0.05) is 70.4 Å². The molecule has 10 rings (SSSR count). The quantitative estimate of drug-likeness (QED) is 0.00373. The molecule has 3 aromatic carbocycles. The molecule has 0 bridgehead atoms. The first-order valence-corrected chi connectivity index (χ1v) is 59.6. The van der Waals surface area contributed by atoms with Crippen LogP contribution in [0.3, 0.4) is 0 Å². The maximum atomic E-state index is 12.4. The first-order valence-electron chi connectivity index (χ1n) is 53.3. The van der Waals surface area contributed by atoms with Gasteiger partial charge in [-0.2, -0.15) is 8.42 Å². The predicted molar refractivity (Wildman–Crippen MR) is 594 cm³/mol. The zero-order valence-corrected chi connectivity index (χ0v) is 106. The first kappa shape index (κ1) is 148. The summed E-state index contributed by atoms with van der Waals surface area (Å²) in [6, 6.07) is 29.4. The summed E-state index contributed by atoms with van der Waals surface area (Å²) in [5.74, 6) is 8.70. The molecule has 1 aromatic heterocycles. The number of benzene rings is 3. The molecule has 0 radical (unpaired) electrons. The fraction of sp³-hybridized carbons (Fsp3) is 0.746. The Labute approximate surface area is 957 Å². The molecule has 0 spiro atoms. The molecular weight excluding hydrogens is 1950 g/mol. The molecule has 147 heavy (non-hydrogen) atoms. The Hall–Kier alpha value is -4.98. The van der Waals surface area contributed by atoms with Gasteiger partial charge in [-0.15, -0.1) is 12.3 Å². The van der Waals surface area contributed by atoms with E-state index in [1.54, 1.807) is 80.3 Å². The number of carbonyl (C=O) groups excluding carboxylic acids is 2. The number of esters is 2. The van der Waals surface area contributed by atoms with Crippen LogP contribution in [0.4, 0.5) is 0 Å². The number of imidazole rings is 1. The molecule has 0 amide bonds. The maximum absolute atomic E-state index is 12.4. The van der Waals surface area contributed by atoms with Crippen LogP contribution in [0.15, 0.2) is 131 Å². The van der Waals surface area contributed by atoms with Crippen LogP contribution in [-0.2, 0) is 54.8 Å². The molecule has 33 heteroatoms. The van der Waals surface area contributed by atoms with Crippen molar-refractivity contribution in [2.24, 2.45) is 119 Å². The number of aromatic nitrogens is 2. The van der Waals surface area contributed by atoms with E-state index in [4.69, 9.17) is 56.7 Å². The molecule has 830 valence electrons. The van der Waals surface area contributed by atoms with Gasteiger partial charge < -0.3 is 54.0 Å². The number of para-hydroxylation sites is 2. The molecule has 6 aliphatic rings. The van der Waals surface area contributed by atoms with Gasteiger partial charge in [-0.25, -0.2) is 18.3 Å². The summed E-state index contributed by atoms with van der Waals surface area (Å²) in [4.78, 5) is 76.1. The number of carboxylic acid groups (broad SMARTS) is 2. The Bertz CT molecular complexity index is 4500. The topological polar surface area (TPSA) is 424 Å². The SMILES string of the molecule is C#C[C@@H](CCCOCc1ccccc1)CC(=O)OC(C)(C)C.CC(C)C(C)(C)CC1C=C(C(=O)O)C1.CC(C)C(C)(C)CC1CC(C(=O)O)C1.CC(C)C(C)(C)CC1CC(N)C1.CC(C)C(C)(C)CC1CC(N=[N+]=[N-])C1.CCC.CCN(C(C)C)C(C)C.CCOC(=O)C1CC(CC(C)(C)C(C)C)C1[N+]1(C)CCCCC1.C[Si](C)(C)[O-].O=P(O)(Oc1ccccc1)Oc1ccccc1.[K+].[N-]=[N+]=NS(=O)(=O)n1ccnc1.[Na+].[OH-]. The number of hydrogen-bond acceptors (Lipinski definition) is 18. The van der Waals surface area contributed by atoms with Crippen molar-refractivity contribution in [1.82, 2.24) is 13.9 Å². The number of hydrogen-bond donors (Lipinski definition) is 4. The number of piperidine rings is 1. The Morgan fingerprint density at radius 3 is 1.41 bits per heavy atom. The average Bonchev–Trinajstić information content (AvgIpc) is 0.823. The smallest absolute Gasteiger partial charge is 0.870 e. The first-order chi connectivity index (χ1) is 66.5. The van der Waals surface area contributed by atoms with E-state index in [1.165, 1.54) is 89.7 Å². The summed E-state index contributed by atoms with van der Waals surface area (Å²) < 4.78 is 63.7. The molecule has 6 N–H and O–H groups in total. The third-order valence-electron chi connectivity index (χ3n) is 29.4. The maximum Gasteiger partial charge on any atom is 1.00 e. The number of azide groups is 2. The number of phosphoric ester groups is 1. The number of phosphoric acid groups is 1. The van der Waals surface area contributed by atoms with E-state index in [9.17, 15) is 41.9 Å². The Kier molecular flexibility index (Phi) is 73.3. The third kappa shape index (κ3) is 63.0. The number of carbonyl (C=O) groups is 4. The van der Waals surface area contributed by atoms with Crippen molar-refractivity contribution in [3.05, 3.63) is 148 Å². The molecule has 1 saturated heterocycles. The van der Waals surface area contributed by atoms with Crippen molar-refractivity contribution >= 4 is 50.2 Å². The van der Waals surface area contributed by atoms with Gasteiger partial charge in [0.05, 0.1) is 50.2 Å². The Balaban J connectivity index is -0.000000782. The average molecular weight is 2150 g/mol. The number of quaternary nitrogens is 1. The molecule has 4 unspecified atom stereocenters. The van der Waals surface area contributed by atoms with Gasteiger partial charge in [0.1, 0.15) is 35.4 Å². The van der Waals surface area contributed by atoms with E-state index < -0.39 is 43.9 Å². The molecule has 5 atom stereocenters. The normalized spacial score (nSPS) is 19.7. The largest absolute Gasteiger partial charge is 1.00 e. The molecule has 2 heterocycles. The number of terminal acetylenes is 1. The summed E-state index contributed by atoms with van der Waals surface area (Å²) in [6.45, 7) is 79.7. The summed E-state index contributed by atoms with van der Waals surface area (Å²) >= 11 is 0. The summed E-state index contributed by atoms with van der Waals surface area (Å²) in [6.07, 6.45) is 32.4. The zero-order chi connectivity index (χ0) is 111. The van der Waals surface area contributed by atoms with E-state index in [0.29, 0.717) is 116 Å². The van der Waals surface area contributed by atoms with Crippen molar-refractivity contribution < 1.29 is 166 Å². The third-order valence-corrected chi connectivity index (χ3v) is 31.3. The van der Waals surface area contributed by atoms with E-state index in [1.807, 2.05) is 64.1 Å². The molecule has 28 nitrogen and oxygen atoms in total. The van der Waals surface area contributed by atoms with Gasteiger partial charge in [-0.1, -0.05) is 272 Å². The predicted octanol–water partition coefficient (Wildman–Crippen LogP) is 22.5. The van der Waals surface area contributed by atoms with E-state index in [2.05, 4.69) is 229 Å². The van der Waals surface area contributed by atoms with Crippen molar-refractivity contribution in [2.75, 3.05) is 39.9 Å². The summed E-state index contributed by atoms with van der Waals surface area (Å²) in [7, 11) is -7.51. The summed E-state index contributed by atoms with van der Waals surface area (Å²) in [5.41, 5.74) is 25.1. The van der Waals surface area contributed by atoms with Gasteiger partial charge in [-0.3, -0.25) is 24.2 Å². The minimum atomic E-state index is -4.14. The van der Waals surface area contributed by atoms with Crippen molar-refractivity contribution in [2.45, 2.75) is 405 Å². The molecule has 4 saturated carbocycles. The monoisotopic (exact) mass is 2150 g/mol. The zero-order valence-electron chi connectivity index (χ0n) is 98.3. The number of ether oxygens (including phenoxy) is 3. The van der Waals surface area contributed by atoms with Gasteiger partial charge in [0.15, 0.2) is 0 Å². The van der Waals surface area contributed by atoms with Crippen LogP contribution in [0.2, 0.25) is 19.6 Å². The van der Waals surface area contributed by atoms with Crippen LogP contribution >= 0.6 is 7.82 Å². The van der Waals surface area contributed by atoms with Gasteiger partial charge in [0.2, 0.25) is 0 Å². The molecule has 4 aromatic rings. The standard InChI is InChI=1S/C20H38NO2.C19H26O3.C12H11O4P.C12H22O2.C12H20O2.C11H21N3.C11H23N.C8H19N.C3H3N5O2S.C3H9OSi.C3H8.K.Na.H2O/c1-7-23-19(22)17-13-16(14-20(4,5)15(2)3)18(17)21(6)11-9-8-10-12-21;1-5-16(14-18(20)22-19(2,3)4)12-9-13-21-15-17-10-7-6-8-11-17;13-17(14,15-11-7-3-1-4-8-11)16-12-9-5-2-6-10-12;2*1-8(2)12(3,4)7-9-5-10(6-9)11(13)14;1-8(2)11(3,4)7-9-5-10(6-9)13-14-12;1-8(2)11(3,4)7-9-5-10(12)6-9;1-6-9(7(2)3)8(4)5;4-6-7-11(9,10)8-2-1-5-3-8;1-5(2,3)4;1-3-2;;;/h15-18H,7-14H2,1-6H3;1,6-8,10-11,16H,9,12-15H2,2-4H3;1-10H,(H,13,14);8-10H,5-7H2,1-4H3,(H,13,14);5,8-9H,6-7H2,1-4H3,(H,13,14);8-10H,5-7H2,1-4H3;8-10H,5-7,12H2,1-4H3;7-8H,6H2,1-5H3;1-3H;1-3H3;3H2,1-2H3;;;1H2/q+1;;;;;;;;;-1;;2*+1;/p-1/t;16-;;;;;;;;;;;;/m.0............/s1. The second kappa shape index (κ2) is 72.7. The number of rotatable bonds is 38. The van der Waals surface area contributed by atoms with E-state index in [0.717, 1.165) is 104 Å². The minimum absolute atomic E-state index is 0. The van der Waals surface area contributed by atoms with Crippen LogP contribution in [0, 0.1) is 116 Å². The summed E-state index contributed by atoms with van der Waals surface area (Å²) in [5, 5.41) is 21.2. The van der Waals surface area contributed by atoms with Gasteiger partial charge in [-0.05, 0) is 299 Å². The second-order valence-electron chi connectivity index (χ2n) is 48.2. The van der Waals surface area contributed by atoms with Gasteiger partial charge >= 0.3 is 123 Å². The van der Waals surface area contributed by atoms with Crippen LogP contribution in [0.25, 0.3) is 20.9 Å². The van der Waals surface area contributed by atoms with Crippen LogP contribution in [0.5, 0.6) is 11.5 Å². The van der Waals surface area contributed by atoms with E-state index >= 15 is 0 Å². The fourth-order valence-corrected chi connectivity index (χ4v) is 19.0. The van der Waals surface area contributed by atoms with Crippen molar-refractivity contribution in [3.8, 4) is 23.8 Å². The molecule has 5 aliphatic carbocycles. The van der Waals surface area contributed by atoms with Crippen LogP contribution in [-0.4, -0.2) is 155 Å². The van der Waals surface area contributed by atoms with Crippen molar-refractivity contribution in [3.63, 3.8) is 0 Å². The minimum Gasteiger partial charge on any atom is -0.870 e. The molecule has 1 aliphatic heterocycles. The van der Waals surface area contributed by atoms with Gasteiger partial charge in [0.25, 0.3) is 0 Å². The second-order valence-corrected chi connectivity index (χ2v) is 55.2. The Morgan fingerprint density at radius 1 is 0.660 bits per heavy atom. The molecular formula is C114H201KN11NaO17PSSi+. The van der Waals surface area contributed by atoms with Crippen LogP contribution in [0.1, 0.15) is 349 Å². The fourth-order valence-electron chi connectivity index (χ4n) is 17.7. The van der Waals surface area contributed by atoms with Crippen molar-refractivity contribution in [1.29, 1.82) is 0 Å². The van der Waals surface area contributed by atoms with E-state index in [-0.39, 0.29) is 140 Å². The molecule has 5 fully saturated rings. The number of nitrogens with two attached hydrogens (primary N) is 1. The number of aliphatic carboxylic acids is 2. The number of allylic oxidation sites excluding steroid dienone is 1. The number of nitrogens with zero attached hydrogens (tertiary/aromatic N) is 10.